The first-order valence-corrected chi connectivity index (χ1v) is 6.79. The quantitative estimate of drug-likeness (QED) is 0.721. The van der Waals surface area contributed by atoms with E-state index in [1.54, 1.807) is 0 Å². The Morgan fingerprint density at radius 1 is 1.24 bits per heavy atom. The maximum atomic E-state index is 11.8. The van der Waals surface area contributed by atoms with Crippen molar-refractivity contribution in [3.63, 3.8) is 0 Å². The van der Waals surface area contributed by atoms with Crippen molar-refractivity contribution in [2.24, 2.45) is 28.9 Å². The normalized spacial score (nSPS) is 48.5. The predicted molar refractivity (Wildman–Crippen MR) is 65.4 cm³/mol. The topological polar surface area (TPSA) is 63.3 Å². The Morgan fingerprint density at radius 2 is 1.94 bits per heavy atom. The number of rotatable bonds is 2. The molecular weight excluding hydrogens is 214 g/mol. The Morgan fingerprint density at radius 3 is 2.41 bits per heavy atom. The summed E-state index contributed by atoms with van der Waals surface area (Å²) in [7, 11) is 0. The molecule has 94 valence electrons. The summed E-state index contributed by atoms with van der Waals surface area (Å²) in [5, 5.41) is 9.70. The van der Waals surface area contributed by atoms with Gasteiger partial charge >= 0.3 is 5.97 Å². The second-order valence-electron chi connectivity index (χ2n) is 6.19. The molecule has 0 aromatic heterocycles. The van der Waals surface area contributed by atoms with Crippen LogP contribution < -0.4 is 5.73 Å². The third-order valence-corrected chi connectivity index (χ3v) is 5.34. The summed E-state index contributed by atoms with van der Waals surface area (Å²) in [6.07, 6.45) is 10.1. The molecule has 2 bridgehead atoms. The molecule has 3 rings (SSSR count). The van der Waals surface area contributed by atoms with Crippen molar-refractivity contribution >= 4 is 5.97 Å². The Labute approximate surface area is 102 Å². The second kappa shape index (κ2) is 3.84. The predicted octanol–water partition coefficient (Wildman–Crippen LogP) is 2.17. The molecule has 3 nitrogen and oxygen atoms in total. The summed E-state index contributed by atoms with van der Waals surface area (Å²) in [6, 6.07) is 0.219. The van der Waals surface area contributed by atoms with Crippen LogP contribution in [0.15, 0.2) is 12.2 Å². The summed E-state index contributed by atoms with van der Waals surface area (Å²) < 4.78 is 0. The average Bonchev–Trinajstić information content (AvgIpc) is 2.92. The zero-order chi connectivity index (χ0) is 12.0. The number of nitrogens with two attached hydrogens (primary N) is 1. The maximum absolute atomic E-state index is 11.8. The van der Waals surface area contributed by atoms with Gasteiger partial charge in [0.15, 0.2) is 0 Å². The fourth-order valence-electron chi connectivity index (χ4n) is 4.31. The van der Waals surface area contributed by atoms with E-state index in [2.05, 4.69) is 12.2 Å². The standard InChI is InChI=1S/C14H21NO2/c15-11-3-5-14(6-4-11,13(16)17)12-8-9-1-2-10(12)7-9/h1-2,9-12H,3-8,15H2,(H,16,17). The van der Waals surface area contributed by atoms with Gasteiger partial charge in [0.05, 0.1) is 5.41 Å². The number of hydrogen-bond donors (Lipinski definition) is 2. The van der Waals surface area contributed by atoms with Gasteiger partial charge in [0.1, 0.15) is 0 Å². The van der Waals surface area contributed by atoms with Crippen molar-refractivity contribution in [2.45, 2.75) is 44.6 Å². The minimum atomic E-state index is -0.574. The van der Waals surface area contributed by atoms with Crippen LogP contribution in [0.5, 0.6) is 0 Å². The largest absolute Gasteiger partial charge is 0.481 e. The van der Waals surface area contributed by atoms with Crippen LogP contribution in [0.1, 0.15) is 38.5 Å². The van der Waals surface area contributed by atoms with Crippen molar-refractivity contribution in [3.8, 4) is 0 Å². The fourth-order valence-corrected chi connectivity index (χ4v) is 4.31. The van der Waals surface area contributed by atoms with Crippen LogP contribution in [0, 0.1) is 23.2 Å². The van der Waals surface area contributed by atoms with Gasteiger partial charge in [0, 0.05) is 6.04 Å². The third-order valence-electron chi connectivity index (χ3n) is 5.34. The van der Waals surface area contributed by atoms with E-state index in [1.165, 1.54) is 6.42 Å². The highest BCUT2D eigenvalue weighted by atomic mass is 16.4. The van der Waals surface area contributed by atoms with Crippen LogP contribution in [0.4, 0.5) is 0 Å². The fraction of sp³-hybridized carbons (Fsp3) is 0.786. The molecule has 0 amide bonds. The molecule has 0 radical (unpaired) electrons. The zero-order valence-corrected chi connectivity index (χ0v) is 10.1. The molecule has 3 heteroatoms. The molecule has 3 aliphatic carbocycles. The number of aliphatic carboxylic acids is 1. The molecule has 3 aliphatic rings. The van der Waals surface area contributed by atoms with Gasteiger partial charge in [0.25, 0.3) is 0 Å². The van der Waals surface area contributed by atoms with Gasteiger partial charge in [0.2, 0.25) is 0 Å². The molecule has 0 aromatic rings. The monoisotopic (exact) mass is 235 g/mol. The van der Waals surface area contributed by atoms with Crippen molar-refractivity contribution in [3.05, 3.63) is 12.2 Å². The minimum absolute atomic E-state index is 0.219. The van der Waals surface area contributed by atoms with Gasteiger partial charge in [-0.1, -0.05) is 12.2 Å². The van der Waals surface area contributed by atoms with Crippen molar-refractivity contribution < 1.29 is 9.90 Å². The van der Waals surface area contributed by atoms with Crippen LogP contribution in [0.25, 0.3) is 0 Å². The van der Waals surface area contributed by atoms with Gasteiger partial charge in [-0.05, 0) is 56.3 Å². The van der Waals surface area contributed by atoms with Gasteiger partial charge in [-0.15, -0.1) is 0 Å². The highest BCUT2D eigenvalue weighted by molar-refractivity contribution is 5.75. The third kappa shape index (κ3) is 1.63. The van der Waals surface area contributed by atoms with E-state index >= 15 is 0 Å². The van der Waals surface area contributed by atoms with Gasteiger partial charge in [-0.25, -0.2) is 0 Å². The number of carboxylic acid groups (broad SMARTS) is 1. The molecule has 0 aliphatic heterocycles. The van der Waals surface area contributed by atoms with Crippen molar-refractivity contribution in [2.75, 3.05) is 0 Å². The van der Waals surface area contributed by atoms with E-state index < -0.39 is 11.4 Å². The Bertz CT molecular complexity index is 355. The SMILES string of the molecule is NC1CCC(C(=O)O)(C2CC3C=CC2C3)CC1. The van der Waals surface area contributed by atoms with Crippen molar-refractivity contribution in [1.29, 1.82) is 0 Å². The van der Waals surface area contributed by atoms with Crippen LogP contribution in [-0.2, 0) is 4.79 Å². The van der Waals surface area contributed by atoms with E-state index in [-0.39, 0.29) is 6.04 Å². The molecule has 17 heavy (non-hydrogen) atoms. The van der Waals surface area contributed by atoms with Crippen LogP contribution >= 0.6 is 0 Å². The smallest absolute Gasteiger partial charge is 0.309 e. The number of hydrogen-bond acceptors (Lipinski definition) is 2. The number of carbonyl (C=O) groups is 1. The summed E-state index contributed by atoms with van der Waals surface area (Å²) in [6.45, 7) is 0. The first-order valence-electron chi connectivity index (χ1n) is 6.79. The molecule has 2 saturated carbocycles. The van der Waals surface area contributed by atoms with Gasteiger partial charge < -0.3 is 10.8 Å². The Hall–Kier alpha value is -0.830. The molecule has 0 saturated heterocycles. The number of allylic oxidation sites excluding steroid dienone is 2. The zero-order valence-electron chi connectivity index (χ0n) is 10.1. The van der Waals surface area contributed by atoms with Gasteiger partial charge in [-0.2, -0.15) is 0 Å². The first-order chi connectivity index (χ1) is 8.12. The van der Waals surface area contributed by atoms with Crippen LogP contribution in [0.2, 0.25) is 0 Å². The van der Waals surface area contributed by atoms with E-state index in [0.717, 1.165) is 32.1 Å². The lowest BCUT2D eigenvalue weighted by Gasteiger charge is -2.42. The summed E-state index contributed by atoms with van der Waals surface area (Å²) in [5.41, 5.74) is 5.45. The lowest BCUT2D eigenvalue weighted by Crippen LogP contribution is -2.45. The Balaban J connectivity index is 1.85. The van der Waals surface area contributed by atoms with E-state index in [0.29, 0.717) is 17.8 Å². The molecule has 0 heterocycles. The molecular formula is C14H21NO2. The van der Waals surface area contributed by atoms with E-state index in [9.17, 15) is 9.90 Å². The second-order valence-corrected chi connectivity index (χ2v) is 6.19. The molecule has 0 spiro atoms. The summed E-state index contributed by atoms with van der Waals surface area (Å²) in [5.74, 6) is 0.958. The molecule has 3 atom stereocenters. The first kappa shape index (κ1) is 11.3. The van der Waals surface area contributed by atoms with Crippen LogP contribution in [-0.4, -0.2) is 17.1 Å². The van der Waals surface area contributed by atoms with E-state index in [1.807, 2.05) is 0 Å². The minimum Gasteiger partial charge on any atom is -0.481 e. The van der Waals surface area contributed by atoms with Crippen LogP contribution in [0.3, 0.4) is 0 Å². The van der Waals surface area contributed by atoms with E-state index in [4.69, 9.17) is 5.73 Å². The lowest BCUT2D eigenvalue weighted by molar-refractivity contribution is -0.156. The number of fused-ring (bicyclic) bond motifs is 2. The lowest BCUT2D eigenvalue weighted by atomic mass is 9.61. The summed E-state index contributed by atoms with van der Waals surface area (Å²) in [4.78, 5) is 11.8. The highest BCUT2D eigenvalue weighted by Gasteiger charge is 2.53. The molecule has 2 fully saturated rings. The van der Waals surface area contributed by atoms with Gasteiger partial charge in [-0.3, -0.25) is 4.79 Å². The maximum Gasteiger partial charge on any atom is 0.309 e. The Kier molecular flexibility index (Phi) is 2.54. The average molecular weight is 235 g/mol. The number of carboxylic acids is 1. The van der Waals surface area contributed by atoms with Crippen molar-refractivity contribution in [1.82, 2.24) is 0 Å². The highest BCUT2D eigenvalue weighted by Crippen LogP contribution is 2.56. The molecule has 0 aromatic carbocycles. The summed E-state index contributed by atoms with van der Waals surface area (Å²) >= 11 is 0. The molecule has 3 N–H and O–H groups in total. The molecule has 3 unspecified atom stereocenters.